The molecule has 5 rings (SSSR count). The minimum Gasteiger partial charge on any atom is -0.206 e. The topological polar surface area (TPSA) is 0 Å². The molecule has 214 valence electrons. The van der Waals surface area contributed by atoms with Crippen molar-refractivity contribution < 1.29 is 13.2 Å². The van der Waals surface area contributed by atoms with Crippen LogP contribution < -0.4 is 0 Å². The van der Waals surface area contributed by atoms with Crippen LogP contribution in [-0.2, 0) is 6.42 Å². The lowest BCUT2D eigenvalue weighted by molar-refractivity contribution is 0.155. The van der Waals surface area contributed by atoms with E-state index in [1.165, 1.54) is 64.2 Å². The molecule has 0 atom stereocenters. The summed E-state index contributed by atoms with van der Waals surface area (Å²) in [6, 6.07) is 16.0. The van der Waals surface area contributed by atoms with Gasteiger partial charge in [-0.1, -0.05) is 101 Å². The van der Waals surface area contributed by atoms with E-state index in [0.29, 0.717) is 29.0 Å². The molecule has 0 amide bonds. The fraction of sp³-hybridized carbons (Fsp3) is 0.514. The molecule has 0 aromatic heterocycles. The highest BCUT2D eigenvalue weighted by Gasteiger charge is 2.31. The minimum atomic E-state index is -0.826. The quantitative estimate of drug-likeness (QED) is 0.234. The number of hydrogen-bond acceptors (Lipinski definition) is 0. The maximum atomic E-state index is 15.3. The lowest BCUT2D eigenvalue weighted by Gasteiger charge is -2.38. The molecule has 3 aromatic rings. The standard InChI is InChI=1S/C37H45F3/c1-3-5-6-7-25-8-10-27(11-9-25)28-12-14-29(15-13-28)32-21-22-33(35(38)24-32)30-16-18-31(19-17-30)34-23-20-26(4-2)36(39)37(34)40/h16-25,27-29H,3-15H2,1-2H3. The van der Waals surface area contributed by atoms with Gasteiger partial charge in [-0.2, -0.15) is 0 Å². The molecule has 2 fully saturated rings. The van der Waals surface area contributed by atoms with Gasteiger partial charge in [0.1, 0.15) is 5.82 Å². The van der Waals surface area contributed by atoms with Gasteiger partial charge in [0, 0.05) is 11.1 Å². The van der Waals surface area contributed by atoms with Crippen molar-refractivity contribution in [3.8, 4) is 22.3 Å². The largest absolute Gasteiger partial charge is 0.206 e. The van der Waals surface area contributed by atoms with E-state index in [0.717, 1.165) is 41.7 Å². The molecule has 0 N–H and O–H groups in total. The second kappa shape index (κ2) is 13.4. The predicted molar refractivity (Wildman–Crippen MR) is 161 cm³/mol. The Hall–Kier alpha value is -2.55. The molecule has 2 saturated carbocycles. The molecule has 0 radical (unpaired) electrons. The first-order chi connectivity index (χ1) is 19.5. The second-order valence-electron chi connectivity index (χ2n) is 12.5. The Kier molecular flexibility index (Phi) is 9.71. The molecule has 3 heteroatoms. The van der Waals surface area contributed by atoms with Crippen molar-refractivity contribution in [3.63, 3.8) is 0 Å². The fourth-order valence-electron chi connectivity index (χ4n) is 7.49. The van der Waals surface area contributed by atoms with Gasteiger partial charge in [0.05, 0.1) is 0 Å². The number of unbranched alkanes of at least 4 members (excludes halogenated alkanes) is 2. The van der Waals surface area contributed by atoms with Gasteiger partial charge in [-0.05, 0) is 96.9 Å². The summed E-state index contributed by atoms with van der Waals surface area (Å²) in [7, 11) is 0. The van der Waals surface area contributed by atoms with Crippen LogP contribution in [0.5, 0.6) is 0 Å². The van der Waals surface area contributed by atoms with Crippen LogP contribution in [0, 0.1) is 35.2 Å². The van der Waals surface area contributed by atoms with Crippen molar-refractivity contribution >= 4 is 0 Å². The van der Waals surface area contributed by atoms with Gasteiger partial charge < -0.3 is 0 Å². The molecule has 0 spiro atoms. The smallest absolute Gasteiger partial charge is 0.166 e. The molecule has 0 bridgehead atoms. The van der Waals surface area contributed by atoms with E-state index in [1.54, 1.807) is 49.4 Å². The van der Waals surface area contributed by atoms with Crippen molar-refractivity contribution in [2.24, 2.45) is 17.8 Å². The van der Waals surface area contributed by atoms with Crippen molar-refractivity contribution in [2.75, 3.05) is 0 Å². The van der Waals surface area contributed by atoms with Gasteiger partial charge >= 0.3 is 0 Å². The van der Waals surface area contributed by atoms with E-state index >= 15 is 4.39 Å². The first-order valence-electron chi connectivity index (χ1n) is 15.9. The summed E-state index contributed by atoms with van der Waals surface area (Å²) >= 11 is 0. The summed E-state index contributed by atoms with van der Waals surface area (Å²) in [6.07, 6.45) is 16.6. The van der Waals surface area contributed by atoms with E-state index in [1.807, 2.05) is 6.07 Å². The molecule has 0 unspecified atom stereocenters. The maximum Gasteiger partial charge on any atom is 0.166 e. The highest BCUT2D eigenvalue weighted by Crippen LogP contribution is 2.45. The summed E-state index contributed by atoms with van der Waals surface area (Å²) in [6.45, 7) is 4.09. The van der Waals surface area contributed by atoms with Gasteiger partial charge in [-0.25, -0.2) is 13.2 Å². The van der Waals surface area contributed by atoms with Crippen LogP contribution in [0.15, 0.2) is 54.6 Å². The Balaban J connectivity index is 1.17. The lowest BCUT2D eigenvalue weighted by atomic mass is 9.68. The third kappa shape index (κ3) is 6.50. The molecule has 2 aliphatic carbocycles. The molecule has 2 aliphatic rings. The zero-order chi connectivity index (χ0) is 28.1. The Morgan fingerprint density at radius 3 is 1.82 bits per heavy atom. The molecule has 0 aliphatic heterocycles. The Morgan fingerprint density at radius 1 is 0.625 bits per heavy atom. The van der Waals surface area contributed by atoms with Gasteiger partial charge in [-0.3, -0.25) is 0 Å². The number of benzene rings is 3. The van der Waals surface area contributed by atoms with Crippen LogP contribution in [0.1, 0.15) is 108 Å². The average molecular weight is 547 g/mol. The summed E-state index contributed by atoms with van der Waals surface area (Å²) in [5.41, 5.74) is 3.59. The number of hydrogen-bond donors (Lipinski definition) is 0. The molecule has 0 saturated heterocycles. The summed E-state index contributed by atoms with van der Waals surface area (Å²) in [4.78, 5) is 0. The summed E-state index contributed by atoms with van der Waals surface area (Å²) < 4.78 is 44.2. The van der Waals surface area contributed by atoms with Crippen molar-refractivity contribution in [1.29, 1.82) is 0 Å². The van der Waals surface area contributed by atoms with Crippen molar-refractivity contribution in [2.45, 2.75) is 103 Å². The third-order valence-corrected chi connectivity index (χ3v) is 10.1. The monoisotopic (exact) mass is 546 g/mol. The van der Waals surface area contributed by atoms with Gasteiger partial charge in [0.2, 0.25) is 0 Å². The molecular formula is C37H45F3. The lowest BCUT2D eigenvalue weighted by Crippen LogP contribution is -2.25. The highest BCUT2D eigenvalue weighted by molar-refractivity contribution is 5.71. The second-order valence-corrected chi connectivity index (χ2v) is 12.5. The van der Waals surface area contributed by atoms with Crippen LogP contribution in [0.25, 0.3) is 22.3 Å². The van der Waals surface area contributed by atoms with Gasteiger partial charge in [0.25, 0.3) is 0 Å². The van der Waals surface area contributed by atoms with E-state index < -0.39 is 11.6 Å². The van der Waals surface area contributed by atoms with Crippen LogP contribution in [0.4, 0.5) is 13.2 Å². The fourth-order valence-corrected chi connectivity index (χ4v) is 7.49. The zero-order valence-corrected chi connectivity index (χ0v) is 24.3. The first-order valence-corrected chi connectivity index (χ1v) is 15.9. The Labute approximate surface area is 239 Å². The number of rotatable bonds is 9. The van der Waals surface area contributed by atoms with E-state index in [4.69, 9.17) is 0 Å². The predicted octanol–water partition coefficient (Wildman–Crippen LogP) is 11.7. The van der Waals surface area contributed by atoms with Crippen LogP contribution in [-0.4, -0.2) is 0 Å². The first kappa shape index (κ1) is 29.0. The normalized spacial score (nSPS) is 23.3. The SMILES string of the molecule is CCCCCC1CCC(C2CCC(c3ccc(-c4ccc(-c5ccc(CC)c(F)c5F)cc4)c(F)c3)CC2)CC1. The minimum absolute atomic E-state index is 0.210. The van der Waals surface area contributed by atoms with Crippen LogP contribution in [0.3, 0.4) is 0 Å². The molecule has 3 aromatic carbocycles. The van der Waals surface area contributed by atoms with E-state index in [9.17, 15) is 8.78 Å². The van der Waals surface area contributed by atoms with E-state index in [2.05, 4.69) is 13.0 Å². The molecule has 40 heavy (non-hydrogen) atoms. The zero-order valence-electron chi connectivity index (χ0n) is 24.3. The average Bonchev–Trinajstić information content (AvgIpc) is 2.99. The van der Waals surface area contributed by atoms with Crippen LogP contribution >= 0.6 is 0 Å². The Bertz CT molecular complexity index is 1250. The molecular weight excluding hydrogens is 501 g/mol. The van der Waals surface area contributed by atoms with Crippen molar-refractivity contribution in [1.82, 2.24) is 0 Å². The van der Waals surface area contributed by atoms with Crippen molar-refractivity contribution in [3.05, 3.63) is 83.2 Å². The molecule has 0 nitrogen and oxygen atoms in total. The highest BCUT2D eigenvalue weighted by atomic mass is 19.2. The summed E-state index contributed by atoms with van der Waals surface area (Å²) in [5.74, 6) is 1.34. The number of halogens is 3. The van der Waals surface area contributed by atoms with Gasteiger partial charge in [-0.15, -0.1) is 0 Å². The molecule has 0 heterocycles. The van der Waals surface area contributed by atoms with Crippen LogP contribution in [0.2, 0.25) is 0 Å². The maximum absolute atomic E-state index is 15.3. The van der Waals surface area contributed by atoms with E-state index in [-0.39, 0.29) is 11.4 Å². The third-order valence-electron chi connectivity index (χ3n) is 10.1. The van der Waals surface area contributed by atoms with Gasteiger partial charge in [0.15, 0.2) is 11.6 Å². The Morgan fingerprint density at radius 2 is 1.23 bits per heavy atom. The number of aryl methyl sites for hydroxylation is 1. The summed E-state index contributed by atoms with van der Waals surface area (Å²) in [5, 5.41) is 0.